The summed E-state index contributed by atoms with van der Waals surface area (Å²) in [6.07, 6.45) is 2.11. The lowest BCUT2D eigenvalue weighted by Gasteiger charge is -2.19. The minimum atomic E-state index is -0.145. The van der Waals surface area contributed by atoms with Gasteiger partial charge in [-0.1, -0.05) is 0 Å². The second-order valence-corrected chi connectivity index (χ2v) is 7.37. The number of likely N-dealkylation sites (tertiary alicyclic amines) is 1. The molecule has 0 aliphatic carbocycles. The van der Waals surface area contributed by atoms with Crippen molar-refractivity contribution in [1.29, 1.82) is 0 Å². The predicted molar refractivity (Wildman–Crippen MR) is 91.6 cm³/mol. The number of aryl methyl sites for hydroxylation is 1. The van der Waals surface area contributed by atoms with Gasteiger partial charge in [0.25, 0.3) is 0 Å². The quantitative estimate of drug-likeness (QED) is 0.872. The Morgan fingerprint density at radius 1 is 1.48 bits per heavy atom. The minimum Gasteiger partial charge on any atom is -0.345 e. The number of nitrogens with zero attached hydrogens (tertiary/aromatic N) is 2. The molecular weight excluding hydrogens is 330 g/mol. The highest BCUT2D eigenvalue weighted by molar-refractivity contribution is 7.09. The Morgan fingerprint density at radius 3 is 2.96 bits per heavy atom. The number of thiophene rings is 1. The molecule has 0 radical (unpaired) electrons. The number of amides is 2. The molecule has 5 nitrogen and oxygen atoms in total. The van der Waals surface area contributed by atoms with Crippen molar-refractivity contribution in [2.75, 3.05) is 13.1 Å². The molecule has 23 heavy (non-hydrogen) atoms. The van der Waals surface area contributed by atoms with Gasteiger partial charge in [-0.2, -0.15) is 11.3 Å². The second-order valence-electron chi connectivity index (χ2n) is 5.70. The van der Waals surface area contributed by atoms with E-state index in [4.69, 9.17) is 0 Å². The Labute approximate surface area is 143 Å². The van der Waals surface area contributed by atoms with Gasteiger partial charge in [0, 0.05) is 30.5 Å². The van der Waals surface area contributed by atoms with Gasteiger partial charge in [0.15, 0.2) is 0 Å². The first kappa shape index (κ1) is 16.1. The van der Waals surface area contributed by atoms with Crippen molar-refractivity contribution in [3.63, 3.8) is 0 Å². The molecule has 0 spiro atoms. The lowest BCUT2D eigenvalue weighted by Crippen LogP contribution is -2.39. The molecule has 0 saturated carbocycles. The Bertz CT molecular complexity index is 681. The van der Waals surface area contributed by atoms with Crippen molar-refractivity contribution in [1.82, 2.24) is 15.2 Å². The molecule has 1 aliphatic heterocycles. The predicted octanol–water partition coefficient (Wildman–Crippen LogP) is 2.54. The molecule has 7 heteroatoms. The summed E-state index contributed by atoms with van der Waals surface area (Å²) in [5.41, 5.74) is 2.15. The van der Waals surface area contributed by atoms with Crippen molar-refractivity contribution in [2.24, 2.45) is 0 Å². The fourth-order valence-corrected chi connectivity index (χ4v) is 4.19. The maximum atomic E-state index is 12.3. The second kappa shape index (κ2) is 7.23. The summed E-state index contributed by atoms with van der Waals surface area (Å²) >= 11 is 3.21. The van der Waals surface area contributed by atoms with Crippen LogP contribution < -0.4 is 5.32 Å². The van der Waals surface area contributed by atoms with Crippen LogP contribution in [-0.2, 0) is 16.0 Å². The van der Waals surface area contributed by atoms with E-state index in [9.17, 15) is 9.59 Å². The zero-order valence-corrected chi connectivity index (χ0v) is 14.6. The molecule has 0 bridgehead atoms. The van der Waals surface area contributed by atoms with Crippen LogP contribution in [0, 0.1) is 6.92 Å². The van der Waals surface area contributed by atoms with E-state index < -0.39 is 0 Å². The van der Waals surface area contributed by atoms with Crippen molar-refractivity contribution >= 4 is 34.5 Å². The lowest BCUT2D eigenvalue weighted by molar-refractivity contribution is -0.133. The molecule has 3 rings (SSSR count). The SMILES string of the molecule is Cc1csc([C@H](Cc2ccsc2)NC(=O)CN2CCCC2=O)n1. The van der Waals surface area contributed by atoms with Crippen LogP contribution >= 0.6 is 22.7 Å². The number of carbonyl (C=O) groups excluding carboxylic acids is 2. The summed E-state index contributed by atoms with van der Waals surface area (Å²) < 4.78 is 0. The van der Waals surface area contributed by atoms with Crippen LogP contribution in [0.5, 0.6) is 0 Å². The average Bonchev–Trinajstić information content (AvgIpc) is 3.23. The normalized spacial score (nSPS) is 15.9. The molecule has 122 valence electrons. The maximum absolute atomic E-state index is 12.3. The van der Waals surface area contributed by atoms with E-state index in [0.29, 0.717) is 13.0 Å². The van der Waals surface area contributed by atoms with Gasteiger partial charge in [0.1, 0.15) is 5.01 Å². The van der Waals surface area contributed by atoms with Crippen LogP contribution in [0.25, 0.3) is 0 Å². The van der Waals surface area contributed by atoms with E-state index in [-0.39, 0.29) is 24.4 Å². The van der Waals surface area contributed by atoms with E-state index in [1.165, 1.54) is 5.56 Å². The first-order valence-corrected chi connectivity index (χ1v) is 9.44. The maximum Gasteiger partial charge on any atom is 0.240 e. The molecule has 1 N–H and O–H groups in total. The fraction of sp³-hybridized carbons (Fsp3) is 0.438. The summed E-state index contributed by atoms with van der Waals surface area (Å²) in [6, 6.07) is 1.92. The third kappa shape index (κ3) is 4.17. The van der Waals surface area contributed by atoms with Crippen LogP contribution in [0.3, 0.4) is 0 Å². The van der Waals surface area contributed by atoms with Crippen LogP contribution in [0.2, 0.25) is 0 Å². The summed E-state index contributed by atoms with van der Waals surface area (Å²) in [7, 11) is 0. The van der Waals surface area contributed by atoms with Gasteiger partial charge in [-0.3, -0.25) is 9.59 Å². The van der Waals surface area contributed by atoms with E-state index in [0.717, 1.165) is 23.5 Å². The van der Waals surface area contributed by atoms with E-state index in [2.05, 4.69) is 21.7 Å². The van der Waals surface area contributed by atoms with Crippen LogP contribution in [0.4, 0.5) is 0 Å². The topological polar surface area (TPSA) is 62.3 Å². The number of thiazole rings is 1. The molecule has 3 heterocycles. The van der Waals surface area contributed by atoms with Crippen molar-refractivity contribution in [2.45, 2.75) is 32.2 Å². The number of hydrogen-bond acceptors (Lipinski definition) is 5. The fourth-order valence-electron chi connectivity index (χ4n) is 2.66. The van der Waals surface area contributed by atoms with Gasteiger partial charge in [-0.25, -0.2) is 4.98 Å². The van der Waals surface area contributed by atoms with Crippen molar-refractivity contribution in [3.05, 3.63) is 38.5 Å². The van der Waals surface area contributed by atoms with Gasteiger partial charge >= 0.3 is 0 Å². The van der Waals surface area contributed by atoms with Crippen LogP contribution in [0.15, 0.2) is 22.2 Å². The number of rotatable bonds is 6. The van der Waals surface area contributed by atoms with Gasteiger partial charge in [-0.15, -0.1) is 11.3 Å². The molecular formula is C16H19N3O2S2. The molecule has 2 aromatic heterocycles. The monoisotopic (exact) mass is 349 g/mol. The lowest BCUT2D eigenvalue weighted by atomic mass is 10.1. The highest BCUT2D eigenvalue weighted by Crippen LogP contribution is 2.23. The summed E-state index contributed by atoms with van der Waals surface area (Å²) in [5.74, 6) is -0.0482. The molecule has 1 atom stereocenters. The molecule has 2 amide bonds. The van der Waals surface area contributed by atoms with E-state index in [1.54, 1.807) is 27.6 Å². The van der Waals surface area contributed by atoms with Gasteiger partial charge in [0.05, 0.1) is 12.6 Å². The number of nitrogens with one attached hydrogen (secondary N) is 1. The Hall–Kier alpha value is -1.73. The minimum absolute atomic E-state index is 0.0691. The summed E-state index contributed by atoms with van der Waals surface area (Å²) in [5, 5.41) is 10.1. The first-order chi connectivity index (χ1) is 11.1. The largest absolute Gasteiger partial charge is 0.345 e. The van der Waals surface area contributed by atoms with E-state index >= 15 is 0 Å². The van der Waals surface area contributed by atoms with Crippen LogP contribution in [-0.4, -0.2) is 34.8 Å². The number of carbonyl (C=O) groups is 2. The Kier molecular flexibility index (Phi) is 5.07. The highest BCUT2D eigenvalue weighted by Gasteiger charge is 2.24. The van der Waals surface area contributed by atoms with E-state index in [1.807, 2.05) is 17.7 Å². The average molecular weight is 349 g/mol. The standard InChI is InChI=1S/C16H19N3O2S2/c1-11-9-23-16(17-11)13(7-12-4-6-22-10-12)18-14(20)8-19-5-2-3-15(19)21/h4,6,9-10,13H,2-3,5,7-8H2,1H3,(H,18,20)/t13-/m0/s1. The molecule has 0 aromatic carbocycles. The smallest absolute Gasteiger partial charge is 0.240 e. The van der Waals surface area contributed by atoms with Gasteiger partial charge in [-0.05, 0) is 35.7 Å². The van der Waals surface area contributed by atoms with Crippen molar-refractivity contribution < 1.29 is 9.59 Å². The number of aromatic nitrogens is 1. The molecule has 0 unspecified atom stereocenters. The third-order valence-corrected chi connectivity index (χ3v) is 5.60. The zero-order chi connectivity index (χ0) is 16.2. The van der Waals surface area contributed by atoms with Gasteiger partial charge in [0.2, 0.25) is 11.8 Å². The number of hydrogen-bond donors (Lipinski definition) is 1. The molecule has 1 saturated heterocycles. The zero-order valence-electron chi connectivity index (χ0n) is 12.9. The highest BCUT2D eigenvalue weighted by atomic mass is 32.1. The first-order valence-electron chi connectivity index (χ1n) is 7.62. The molecule has 1 fully saturated rings. The Balaban J connectivity index is 1.67. The molecule has 2 aromatic rings. The third-order valence-electron chi connectivity index (χ3n) is 3.80. The molecule has 1 aliphatic rings. The van der Waals surface area contributed by atoms with Crippen LogP contribution in [0.1, 0.15) is 35.1 Å². The van der Waals surface area contributed by atoms with Crippen molar-refractivity contribution in [3.8, 4) is 0 Å². The summed E-state index contributed by atoms with van der Waals surface area (Å²) in [6.45, 7) is 2.77. The van der Waals surface area contributed by atoms with Gasteiger partial charge < -0.3 is 10.2 Å². The Morgan fingerprint density at radius 2 is 2.35 bits per heavy atom. The summed E-state index contributed by atoms with van der Waals surface area (Å²) in [4.78, 5) is 30.1.